The Morgan fingerprint density at radius 3 is 0.793 bits per heavy atom. The minimum atomic E-state index is -3.70. The Hall–Kier alpha value is -2.62. The molecule has 29 heavy (non-hydrogen) atoms. The number of hydrogen-bond donors (Lipinski definition) is 0. The molecular weight excluding hydrogens is 400 g/mol. The summed E-state index contributed by atoms with van der Waals surface area (Å²) in [6.45, 7) is 0. The van der Waals surface area contributed by atoms with E-state index in [1.54, 1.807) is 97.1 Å². The fourth-order valence-corrected chi connectivity index (χ4v) is 9.55. The van der Waals surface area contributed by atoms with Crippen molar-refractivity contribution in [2.24, 2.45) is 0 Å². The van der Waals surface area contributed by atoms with Gasteiger partial charge in [0.25, 0.3) is 0 Å². The molecule has 0 radical (unpaired) electrons. The van der Waals surface area contributed by atoms with Crippen molar-refractivity contribution in [3.05, 3.63) is 121 Å². The number of benzene rings is 4. The van der Waals surface area contributed by atoms with Crippen molar-refractivity contribution in [3.8, 4) is 0 Å². The Kier molecular flexibility index (Phi) is 5.70. The van der Waals surface area contributed by atoms with Crippen LogP contribution >= 0.6 is 14.4 Å². The van der Waals surface area contributed by atoms with E-state index >= 15 is 8.39 Å². The summed E-state index contributed by atoms with van der Waals surface area (Å²) in [5.41, 5.74) is 0. The molecule has 0 spiro atoms. The highest BCUT2D eigenvalue weighted by molar-refractivity contribution is 7.96. The van der Waals surface area contributed by atoms with E-state index in [2.05, 4.69) is 5.17 Å². The molecule has 0 bridgehead atoms. The standard InChI is InChI=1S/C25H20F2P2/c26-28(22-13-5-1-6-14-22,23-15-7-2-8-16-23)21-29(27,24-17-9-3-10-18-24)25-19-11-4-12-20-25/h1-20H. The Labute approximate surface area is 170 Å². The molecule has 4 aromatic carbocycles. The second-order valence-corrected chi connectivity index (χ2v) is 11.8. The predicted octanol–water partition coefficient (Wildman–Crippen LogP) is 5.73. The van der Waals surface area contributed by atoms with E-state index in [-0.39, 0.29) is 0 Å². The first-order valence-electron chi connectivity index (χ1n) is 9.32. The van der Waals surface area contributed by atoms with Gasteiger partial charge in [-0.3, -0.25) is 0 Å². The zero-order valence-electron chi connectivity index (χ0n) is 15.7. The average molecular weight is 420 g/mol. The highest BCUT2D eigenvalue weighted by Crippen LogP contribution is 2.54. The molecule has 0 nitrogen and oxygen atoms in total. The van der Waals surface area contributed by atoms with Gasteiger partial charge in [0.1, 0.15) is 0 Å². The summed E-state index contributed by atoms with van der Waals surface area (Å²) in [5, 5.41) is 4.85. The summed E-state index contributed by atoms with van der Waals surface area (Å²) in [7, 11) is -7.40. The lowest BCUT2D eigenvalue weighted by molar-refractivity contribution is 0.908. The van der Waals surface area contributed by atoms with Gasteiger partial charge in [-0.15, -0.1) is 0 Å². The van der Waals surface area contributed by atoms with Crippen LogP contribution in [0, 0.1) is 0 Å². The number of hydrogen-bond acceptors (Lipinski definition) is 0. The van der Waals surface area contributed by atoms with Crippen LogP contribution in [0.25, 0.3) is 0 Å². The molecule has 0 aliphatic heterocycles. The molecule has 0 aliphatic rings. The molecule has 4 aromatic rings. The van der Waals surface area contributed by atoms with E-state index in [0.717, 1.165) is 0 Å². The van der Waals surface area contributed by atoms with Crippen molar-refractivity contribution >= 4 is 40.8 Å². The van der Waals surface area contributed by atoms with Crippen molar-refractivity contribution in [3.63, 3.8) is 0 Å². The van der Waals surface area contributed by atoms with Gasteiger partial charge in [-0.25, -0.2) is 8.39 Å². The van der Waals surface area contributed by atoms with Crippen LogP contribution in [0.1, 0.15) is 0 Å². The van der Waals surface area contributed by atoms with Crippen LogP contribution < -0.4 is 21.2 Å². The maximum atomic E-state index is 16.9. The zero-order chi connectivity index (χ0) is 20.2. The normalized spacial score (nSPS) is 11.7. The van der Waals surface area contributed by atoms with Gasteiger partial charge < -0.3 is 0 Å². The molecule has 0 N–H and O–H groups in total. The first-order valence-corrected chi connectivity index (χ1v) is 12.7. The molecule has 0 aliphatic carbocycles. The SMILES string of the molecule is FP(=C=P(F)(c1ccccc1)c1ccccc1)(c1ccccc1)c1ccccc1. The summed E-state index contributed by atoms with van der Waals surface area (Å²) in [4.78, 5) is 0. The zero-order valence-corrected chi connectivity index (χ0v) is 17.5. The van der Waals surface area contributed by atoms with Crippen LogP contribution in [0.2, 0.25) is 0 Å². The first kappa shape index (κ1) is 19.7. The Morgan fingerprint density at radius 1 is 0.379 bits per heavy atom. The van der Waals surface area contributed by atoms with Crippen LogP contribution in [-0.4, -0.2) is 5.17 Å². The largest absolute Gasteiger partial charge is 0.211 e. The van der Waals surface area contributed by atoms with Gasteiger partial charge in [0.05, 0.1) is 0 Å². The average Bonchev–Trinajstić information content (AvgIpc) is 2.81. The highest BCUT2D eigenvalue weighted by Gasteiger charge is 2.28. The van der Waals surface area contributed by atoms with E-state index in [9.17, 15) is 0 Å². The minimum absolute atomic E-state index is 0.472. The van der Waals surface area contributed by atoms with Crippen LogP contribution in [0.4, 0.5) is 8.39 Å². The first-order chi connectivity index (χ1) is 14.1. The maximum Gasteiger partial charge on any atom is 0.153 e. The number of halogens is 2. The van der Waals surface area contributed by atoms with Crippen LogP contribution in [0.15, 0.2) is 121 Å². The fraction of sp³-hybridized carbons (Fsp3) is 0. The van der Waals surface area contributed by atoms with Gasteiger partial charge in [-0.2, -0.15) is 0 Å². The van der Waals surface area contributed by atoms with Gasteiger partial charge in [-0.05, 0) is 0 Å². The Balaban J connectivity index is 2.21. The molecule has 0 atom stereocenters. The van der Waals surface area contributed by atoms with E-state index in [1.807, 2.05) is 24.3 Å². The van der Waals surface area contributed by atoms with Gasteiger partial charge in [-0.1, -0.05) is 126 Å². The van der Waals surface area contributed by atoms with E-state index in [0.29, 0.717) is 21.2 Å². The van der Waals surface area contributed by atoms with E-state index in [4.69, 9.17) is 0 Å². The molecule has 0 aromatic heterocycles. The second kappa shape index (κ2) is 8.40. The van der Waals surface area contributed by atoms with Crippen molar-refractivity contribution < 1.29 is 8.39 Å². The highest BCUT2D eigenvalue weighted by atomic mass is 31.2. The van der Waals surface area contributed by atoms with Crippen LogP contribution in [-0.2, 0) is 0 Å². The third-order valence-electron chi connectivity index (χ3n) is 4.72. The summed E-state index contributed by atoms with van der Waals surface area (Å²) < 4.78 is 33.8. The monoisotopic (exact) mass is 420 g/mol. The van der Waals surface area contributed by atoms with E-state index < -0.39 is 14.4 Å². The second-order valence-electron chi connectivity index (χ2n) is 6.62. The third kappa shape index (κ3) is 3.93. The minimum Gasteiger partial charge on any atom is -0.211 e. The molecule has 4 rings (SSSR count). The van der Waals surface area contributed by atoms with Gasteiger partial charge in [0.2, 0.25) is 0 Å². The van der Waals surface area contributed by atoms with Crippen molar-refractivity contribution in [2.45, 2.75) is 0 Å². The van der Waals surface area contributed by atoms with Crippen molar-refractivity contribution in [2.75, 3.05) is 0 Å². The van der Waals surface area contributed by atoms with Crippen molar-refractivity contribution in [1.29, 1.82) is 0 Å². The molecule has 0 amide bonds. The number of rotatable bonds is 4. The van der Waals surface area contributed by atoms with Crippen molar-refractivity contribution in [1.82, 2.24) is 0 Å². The molecule has 0 saturated carbocycles. The molecule has 144 valence electrons. The van der Waals surface area contributed by atoms with Crippen LogP contribution in [0.5, 0.6) is 0 Å². The topological polar surface area (TPSA) is 0 Å². The molecule has 0 fully saturated rings. The Bertz CT molecular complexity index is 1020. The molecular formula is C25H20F2P2. The molecule has 0 saturated heterocycles. The maximum absolute atomic E-state index is 16.9. The fourth-order valence-electron chi connectivity index (χ4n) is 3.25. The predicted molar refractivity (Wildman–Crippen MR) is 125 cm³/mol. The van der Waals surface area contributed by atoms with Crippen LogP contribution in [0.3, 0.4) is 0 Å². The summed E-state index contributed by atoms with van der Waals surface area (Å²) in [5.74, 6) is 0. The quantitative estimate of drug-likeness (QED) is 0.370. The van der Waals surface area contributed by atoms with Gasteiger partial charge >= 0.3 is 0 Å². The van der Waals surface area contributed by atoms with Gasteiger partial charge in [0.15, 0.2) is 14.4 Å². The van der Waals surface area contributed by atoms with Gasteiger partial charge in [0, 0.05) is 21.2 Å². The molecule has 0 unspecified atom stereocenters. The lowest BCUT2D eigenvalue weighted by Crippen LogP contribution is -2.17. The lowest BCUT2D eigenvalue weighted by Gasteiger charge is -2.20. The summed E-state index contributed by atoms with van der Waals surface area (Å²) in [6.07, 6.45) is 0. The smallest absolute Gasteiger partial charge is 0.153 e. The summed E-state index contributed by atoms with van der Waals surface area (Å²) in [6, 6.07) is 35.5. The summed E-state index contributed by atoms with van der Waals surface area (Å²) >= 11 is 0. The molecule has 4 heteroatoms. The Morgan fingerprint density at radius 2 is 0.586 bits per heavy atom. The molecule has 0 heterocycles. The lowest BCUT2D eigenvalue weighted by atomic mass is 10.4. The third-order valence-corrected chi connectivity index (χ3v) is 11.0. The van der Waals surface area contributed by atoms with E-state index in [1.165, 1.54) is 0 Å².